The Morgan fingerprint density at radius 3 is 2.72 bits per heavy atom. The van der Waals surface area contributed by atoms with Crippen molar-refractivity contribution in [3.05, 3.63) is 99.1 Å². The van der Waals surface area contributed by atoms with Crippen LogP contribution >= 0.6 is 0 Å². The highest BCUT2D eigenvalue weighted by atomic mass is 16.6. The third-order valence-corrected chi connectivity index (χ3v) is 6.02. The summed E-state index contributed by atoms with van der Waals surface area (Å²) in [4.78, 5) is 40.5. The van der Waals surface area contributed by atoms with Crippen molar-refractivity contribution in [2.24, 2.45) is 5.10 Å². The highest BCUT2D eigenvalue weighted by Gasteiger charge is 2.28. The van der Waals surface area contributed by atoms with E-state index in [-0.39, 0.29) is 17.0 Å². The summed E-state index contributed by atoms with van der Waals surface area (Å²) in [6.07, 6.45) is 3.62. The first-order valence-corrected chi connectivity index (χ1v) is 11.3. The van der Waals surface area contributed by atoms with Crippen LogP contribution in [0.15, 0.2) is 70.3 Å². The number of fused-ring (bicyclic) bond motifs is 2. The molecule has 10 heteroatoms. The topological polar surface area (TPSA) is 140 Å². The highest BCUT2D eigenvalue weighted by molar-refractivity contribution is 6.11. The summed E-state index contributed by atoms with van der Waals surface area (Å²) in [7, 11) is 0. The van der Waals surface area contributed by atoms with Crippen molar-refractivity contribution in [2.45, 2.75) is 26.2 Å². The Bertz CT molecular complexity index is 1550. The number of para-hydroxylation sites is 1. The maximum Gasteiger partial charge on any atom is 0.291 e. The fourth-order valence-electron chi connectivity index (χ4n) is 4.32. The van der Waals surface area contributed by atoms with E-state index < -0.39 is 16.7 Å². The first-order valence-electron chi connectivity index (χ1n) is 11.3. The summed E-state index contributed by atoms with van der Waals surface area (Å²) >= 11 is 0. The first-order chi connectivity index (χ1) is 17.4. The largest absolute Gasteiger partial charge is 0.455 e. The normalized spacial score (nSPS) is 13.9. The molecular formula is C26H21N5O5. The number of nitro benzene ring substituents is 1. The summed E-state index contributed by atoms with van der Waals surface area (Å²) < 4.78 is 5.95. The molecule has 10 nitrogen and oxygen atoms in total. The maximum atomic E-state index is 13.1. The number of nitrogens with zero attached hydrogens (tertiary/aromatic N) is 3. The van der Waals surface area contributed by atoms with E-state index >= 15 is 0 Å². The van der Waals surface area contributed by atoms with Crippen molar-refractivity contribution < 1.29 is 18.9 Å². The minimum atomic E-state index is -0.569. The fraction of sp³-hybridized carbons (Fsp3) is 0.154. The number of pyridine rings is 1. The van der Waals surface area contributed by atoms with Gasteiger partial charge >= 0.3 is 0 Å². The molecule has 0 unspecified atom stereocenters. The van der Waals surface area contributed by atoms with Crippen LogP contribution < -0.4 is 10.7 Å². The van der Waals surface area contributed by atoms with Crippen LogP contribution in [0.5, 0.6) is 0 Å². The van der Waals surface area contributed by atoms with E-state index in [1.807, 2.05) is 24.3 Å². The average Bonchev–Trinajstić information content (AvgIpc) is 3.24. The standard InChI is InChI=1S/C26H21N5O5/c1-15-22-19(29-30-25(32)17-7-2-9-18(14-17)31(34)35)10-4-12-21(22)36-24(15)26(33)28-20-11-3-6-16-8-5-13-27-23(16)20/h2-3,5-9,11,13-14H,4,10,12H2,1H3,(H,28,33)(H,30,32)/b29-19+. The zero-order valence-electron chi connectivity index (χ0n) is 19.3. The summed E-state index contributed by atoms with van der Waals surface area (Å²) in [5, 5.41) is 19.1. The summed E-state index contributed by atoms with van der Waals surface area (Å²) in [6, 6.07) is 14.7. The number of carbonyl (C=O) groups excluding carboxylic acids is 2. The smallest absolute Gasteiger partial charge is 0.291 e. The molecule has 5 rings (SSSR count). The van der Waals surface area contributed by atoms with E-state index in [1.165, 1.54) is 24.3 Å². The zero-order valence-corrected chi connectivity index (χ0v) is 19.3. The van der Waals surface area contributed by atoms with Gasteiger partial charge in [0, 0.05) is 46.8 Å². The number of amides is 2. The van der Waals surface area contributed by atoms with E-state index in [9.17, 15) is 19.7 Å². The van der Waals surface area contributed by atoms with E-state index in [4.69, 9.17) is 4.42 Å². The van der Waals surface area contributed by atoms with E-state index in [2.05, 4.69) is 20.8 Å². The molecule has 0 aliphatic heterocycles. The van der Waals surface area contributed by atoms with E-state index in [0.29, 0.717) is 46.6 Å². The summed E-state index contributed by atoms with van der Waals surface area (Å²) in [5.41, 5.74) is 5.57. The Kier molecular flexibility index (Phi) is 5.99. The predicted molar refractivity (Wildman–Crippen MR) is 133 cm³/mol. The molecule has 1 aliphatic carbocycles. The van der Waals surface area contributed by atoms with Crippen LogP contribution in [0.25, 0.3) is 10.9 Å². The van der Waals surface area contributed by atoms with Crippen molar-refractivity contribution in [1.82, 2.24) is 10.4 Å². The second kappa shape index (κ2) is 9.41. The zero-order chi connectivity index (χ0) is 25.2. The van der Waals surface area contributed by atoms with Gasteiger partial charge in [-0.1, -0.05) is 24.3 Å². The van der Waals surface area contributed by atoms with E-state index in [0.717, 1.165) is 11.8 Å². The van der Waals surface area contributed by atoms with Gasteiger partial charge in [0.2, 0.25) is 0 Å². The SMILES string of the molecule is Cc1c(C(=O)Nc2cccc3cccnc23)oc2c1/C(=N/NC(=O)c1cccc([N+](=O)[O-])c1)CCC2. The molecule has 2 aromatic carbocycles. The molecule has 0 spiro atoms. The van der Waals surface area contributed by atoms with Crippen molar-refractivity contribution in [3.8, 4) is 0 Å². The third-order valence-electron chi connectivity index (χ3n) is 6.02. The lowest BCUT2D eigenvalue weighted by Crippen LogP contribution is -2.22. The van der Waals surface area contributed by atoms with E-state index in [1.54, 1.807) is 19.2 Å². The van der Waals surface area contributed by atoms with Gasteiger partial charge in [-0.25, -0.2) is 5.43 Å². The van der Waals surface area contributed by atoms with Gasteiger partial charge in [-0.15, -0.1) is 0 Å². The van der Waals surface area contributed by atoms with Crippen LogP contribution in [0.4, 0.5) is 11.4 Å². The van der Waals surface area contributed by atoms with Gasteiger partial charge in [-0.05, 0) is 38.0 Å². The van der Waals surface area contributed by atoms with Gasteiger partial charge in [0.1, 0.15) is 5.76 Å². The number of non-ortho nitro benzene ring substituents is 1. The van der Waals surface area contributed by atoms with Crippen molar-refractivity contribution in [2.75, 3.05) is 5.32 Å². The van der Waals surface area contributed by atoms with Crippen LogP contribution in [0.2, 0.25) is 0 Å². The number of rotatable bonds is 5. The molecule has 4 aromatic rings. The number of nitrogens with one attached hydrogen (secondary N) is 2. The maximum absolute atomic E-state index is 13.1. The Hall–Kier alpha value is -4.86. The fourth-order valence-corrected chi connectivity index (χ4v) is 4.32. The lowest BCUT2D eigenvalue weighted by molar-refractivity contribution is -0.384. The second-order valence-corrected chi connectivity index (χ2v) is 8.35. The lowest BCUT2D eigenvalue weighted by Gasteiger charge is -2.13. The molecular weight excluding hydrogens is 462 g/mol. The van der Waals surface area contributed by atoms with Crippen molar-refractivity contribution >= 4 is 39.8 Å². The lowest BCUT2D eigenvalue weighted by atomic mass is 9.93. The molecule has 2 aromatic heterocycles. The molecule has 0 atom stereocenters. The first kappa shape index (κ1) is 22.9. The number of hydrogen-bond acceptors (Lipinski definition) is 7. The van der Waals surface area contributed by atoms with Gasteiger partial charge in [0.25, 0.3) is 17.5 Å². The number of carbonyl (C=O) groups is 2. The minimum absolute atomic E-state index is 0.122. The van der Waals surface area contributed by atoms with Crippen LogP contribution in [-0.4, -0.2) is 27.4 Å². The van der Waals surface area contributed by atoms with Gasteiger partial charge in [-0.2, -0.15) is 5.10 Å². The van der Waals surface area contributed by atoms with Crippen molar-refractivity contribution in [3.63, 3.8) is 0 Å². The molecule has 0 bridgehead atoms. The Balaban J connectivity index is 1.40. The molecule has 2 N–H and O–H groups in total. The number of anilines is 1. The number of hydrazone groups is 1. The molecule has 1 aliphatic rings. The van der Waals surface area contributed by atoms with Crippen LogP contribution in [-0.2, 0) is 6.42 Å². The van der Waals surface area contributed by atoms with Crippen LogP contribution in [0.1, 0.15) is 50.6 Å². The number of aromatic nitrogens is 1. The summed E-state index contributed by atoms with van der Waals surface area (Å²) in [6.45, 7) is 1.78. The number of furan rings is 1. The predicted octanol–water partition coefficient (Wildman–Crippen LogP) is 4.77. The van der Waals surface area contributed by atoms with Gasteiger partial charge in [-0.3, -0.25) is 24.7 Å². The quantitative estimate of drug-likeness (QED) is 0.310. The third kappa shape index (κ3) is 4.31. The molecule has 2 heterocycles. The number of hydrogen-bond donors (Lipinski definition) is 2. The molecule has 2 amide bonds. The Morgan fingerprint density at radius 2 is 1.89 bits per heavy atom. The van der Waals surface area contributed by atoms with Gasteiger partial charge < -0.3 is 9.73 Å². The monoisotopic (exact) mass is 483 g/mol. The van der Waals surface area contributed by atoms with Crippen LogP contribution in [0.3, 0.4) is 0 Å². The average molecular weight is 483 g/mol. The number of benzene rings is 2. The van der Waals surface area contributed by atoms with Gasteiger partial charge in [0.15, 0.2) is 5.76 Å². The number of aryl methyl sites for hydroxylation is 1. The van der Waals surface area contributed by atoms with Crippen molar-refractivity contribution in [1.29, 1.82) is 0 Å². The Labute approximate surface area is 205 Å². The Morgan fingerprint density at radius 1 is 1.08 bits per heavy atom. The van der Waals surface area contributed by atoms with Gasteiger partial charge in [0.05, 0.1) is 21.8 Å². The van der Waals surface area contributed by atoms with Crippen LogP contribution in [0, 0.1) is 17.0 Å². The number of nitro groups is 1. The molecule has 36 heavy (non-hydrogen) atoms. The molecule has 0 fully saturated rings. The minimum Gasteiger partial charge on any atom is -0.455 e. The summed E-state index contributed by atoms with van der Waals surface area (Å²) in [5.74, 6) is -0.170. The molecule has 0 saturated carbocycles. The molecule has 180 valence electrons. The molecule has 0 saturated heterocycles. The molecule has 0 radical (unpaired) electrons. The second-order valence-electron chi connectivity index (χ2n) is 8.35. The highest BCUT2D eigenvalue weighted by Crippen LogP contribution is 2.31.